The fourth-order valence-corrected chi connectivity index (χ4v) is 5.08. The molecule has 2 aromatic carbocycles. The number of amides is 3. The molecule has 1 aliphatic heterocycles. The second kappa shape index (κ2) is 7.93. The van der Waals surface area contributed by atoms with Crippen molar-refractivity contribution in [2.75, 3.05) is 11.9 Å². The fourth-order valence-electron chi connectivity index (χ4n) is 4.40. The standard InChI is InChI=1S/C26H28N2O3S/c1-25(2)12-13-26(3,4)20-15-17(8-11-19(20)25)23(30)28(5)18-9-6-16(7-10-18)14-21-22(29)27-24(31)32-21/h6-11,14-15H,12-13H2,1-5H3,(H,27,29,31)/b21-14-. The Kier molecular flexibility index (Phi) is 5.53. The number of carbonyl (C=O) groups is 3. The number of anilines is 1. The summed E-state index contributed by atoms with van der Waals surface area (Å²) in [6.45, 7) is 9.05. The Bertz CT molecular complexity index is 1150. The summed E-state index contributed by atoms with van der Waals surface area (Å²) in [4.78, 5) is 38.3. The van der Waals surface area contributed by atoms with Crippen LogP contribution < -0.4 is 10.2 Å². The Morgan fingerprint density at radius 3 is 2.19 bits per heavy atom. The van der Waals surface area contributed by atoms with Gasteiger partial charge in [0, 0.05) is 18.3 Å². The zero-order chi connectivity index (χ0) is 23.3. The first kappa shape index (κ1) is 22.3. The van der Waals surface area contributed by atoms with E-state index in [1.807, 2.05) is 30.3 Å². The molecule has 1 heterocycles. The van der Waals surface area contributed by atoms with Crippen molar-refractivity contribution in [1.29, 1.82) is 0 Å². The Morgan fingerprint density at radius 2 is 1.59 bits per heavy atom. The third kappa shape index (κ3) is 4.11. The number of nitrogens with zero attached hydrogens (tertiary/aromatic N) is 1. The highest BCUT2D eigenvalue weighted by Crippen LogP contribution is 2.46. The highest BCUT2D eigenvalue weighted by Gasteiger charge is 2.37. The number of benzene rings is 2. The van der Waals surface area contributed by atoms with Crippen LogP contribution in [0.3, 0.4) is 0 Å². The predicted octanol–water partition coefficient (Wildman–Crippen LogP) is 5.64. The molecule has 1 aliphatic carbocycles. The number of fused-ring (bicyclic) bond motifs is 1. The number of imide groups is 1. The maximum absolute atomic E-state index is 13.3. The summed E-state index contributed by atoms with van der Waals surface area (Å²) >= 11 is 0.889. The number of carbonyl (C=O) groups excluding carboxylic acids is 3. The van der Waals surface area contributed by atoms with E-state index >= 15 is 0 Å². The van der Waals surface area contributed by atoms with Crippen LogP contribution in [0.5, 0.6) is 0 Å². The first-order valence-electron chi connectivity index (χ1n) is 10.8. The summed E-state index contributed by atoms with van der Waals surface area (Å²) in [5, 5.41) is 1.88. The predicted molar refractivity (Wildman–Crippen MR) is 130 cm³/mol. The van der Waals surface area contributed by atoms with Gasteiger partial charge in [-0.05, 0) is 82.5 Å². The van der Waals surface area contributed by atoms with Crippen molar-refractivity contribution in [1.82, 2.24) is 5.32 Å². The van der Waals surface area contributed by atoms with E-state index in [1.54, 1.807) is 18.0 Å². The Morgan fingerprint density at radius 1 is 0.969 bits per heavy atom. The van der Waals surface area contributed by atoms with Gasteiger partial charge < -0.3 is 4.90 Å². The van der Waals surface area contributed by atoms with Gasteiger partial charge in [-0.15, -0.1) is 0 Å². The van der Waals surface area contributed by atoms with E-state index in [4.69, 9.17) is 0 Å². The van der Waals surface area contributed by atoms with Crippen LogP contribution in [-0.4, -0.2) is 24.1 Å². The quantitative estimate of drug-likeness (QED) is 0.618. The van der Waals surface area contributed by atoms with Gasteiger partial charge in [0.1, 0.15) is 0 Å². The van der Waals surface area contributed by atoms with Crippen molar-refractivity contribution in [3.63, 3.8) is 0 Å². The van der Waals surface area contributed by atoms with E-state index in [1.165, 1.54) is 11.1 Å². The van der Waals surface area contributed by atoms with Crippen molar-refractivity contribution >= 4 is 40.6 Å². The highest BCUT2D eigenvalue weighted by atomic mass is 32.2. The van der Waals surface area contributed by atoms with Crippen LogP contribution in [0.15, 0.2) is 47.4 Å². The molecule has 0 spiro atoms. The Balaban J connectivity index is 1.57. The summed E-state index contributed by atoms with van der Waals surface area (Å²) in [5.41, 5.74) is 4.98. The van der Waals surface area contributed by atoms with E-state index < -0.39 is 0 Å². The highest BCUT2D eigenvalue weighted by molar-refractivity contribution is 8.18. The van der Waals surface area contributed by atoms with Crippen molar-refractivity contribution in [3.8, 4) is 0 Å². The average molecular weight is 449 g/mol. The van der Waals surface area contributed by atoms with Gasteiger partial charge >= 0.3 is 0 Å². The minimum atomic E-state index is -0.380. The summed E-state index contributed by atoms with van der Waals surface area (Å²) in [5.74, 6) is -0.440. The molecule has 1 fully saturated rings. The molecule has 0 saturated carbocycles. The van der Waals surface area contributed by atoms with E-state index in [0.717, 1.165) is 35.9 Å². The number of rotatable bonds is 3. The van der Waals surface area contributed by atoms with E-state index in [9.17, 15) is 14.4 Å². The smallest absolute Gasteiger partial charge is 0.290 e. The molecular weight excluding hydrogens is 420 g/mol. The lowest BCUT2D eigenvalue weighted by atomic mass is 9.63. The molecular formula is C26H28N2O3S. The zero-order valence-electron chi connectivity index (χ0n) is 19.1. The monoisotopic (exact) mass is 448 g/mol. The molecule has 1 saturated heterocycles. The lowest BCUT2D eigenvalue weighted by molar-refractivity contribution is -0.115. The van der Waals surface area contributed by atoms with Crippen LogP contribution in [0.1, 0.15) is 67.6 Å². The van der Waals surface area contributed by atoms with E-state index in [-0.39, 0.29) is 27.9 Å². The molecule has 3 amide bonds. The van der Waals surface area contributed by atoms with Crippen LogP contribution in [0.25, 0.3) is 6.08 Å². The summed E-state index contributed by atoms with van der Waals surface area (Å²) in [6.07, 6.45) is 3.90. The largest absolute Gasteiger partial charge is 0.311 e. The number of hydrogen-bond acceptors (Lipinski definition) is 4. The van der Waals surface area contributed by atoms with Gasteiger partial charge in [-0.1, -0.05) is 45.9 Å². The second-order valence-corrected chi connectivity index (χ2v) is 10.9. The van der Waals surface area contributed by atoms with Gasteiger partial charge in [-0.2, -0.15) is 0 Å². The number of thioether (sulfide) groups is 1. The maximum Gasteiger partial charge on any atom is 0.290 e. The van der Waals surface area contributed by atoms with Gasteiger partial charge in [0.2, 0.25) is 0 Å². The molecule has 1 N–H and O–H groups in total. The molecule has 0 bridgehead atoms. The minimum Gasteiger partial charge on any atom is -0.311 e. The summed E-state index contributed by atoms with van der Waals surface area (Å²) in [6, 6.07) is 13.5. The normalized spacial score (nSPS) is 20.1. The van der Waals surface area contributed by atoms with Crippen LogP contribution >= 0.6 is 11.8 Å². The van der Waals surface area contributed by atoms with Gasteiger partial charge in [-0.3, -0.25) is 19.7 Å². The second-order valence-electron chi connectivity index (χ2n) is 9.84. The van der Waals surface area contributed by atoms with Crippen LogP contribution in [0.4, 0.5) is 10.5 Å². The van der Waals surface area contributed by atoms with Gasteiger partial charge in [0.05, 0.1) is 4.91 Å². The summed E-state index contributed by atoms with van der Waals surface area (Å²) in [7, 11) is 1.77. The number of nitrogens with one attached hydrogen (secondary N) is 1. The molecule has 166 valence electrons. The molecule has 2 aliphatic rings. The van der Waals surface area contributed by atoms with Crippen molar-refractivity contribution < 1.29 is 14.4 Å². The summed E-state index contributed by atoms with van der Waals surface area (Å²) < 4.78 is 0. The molecule has 2 aromatic rings. The van der Waals surface area contributed by atoms with Crippen molar-refractivity contribution in [2.24, 2.45) is 0 Å². The minimum absolute atomic E-state index is 0.0425. The Hall–Kier alpha value is -2.86. The van der Waals surface area contributed by atoms with Gasteiger partial charge in [-0.25, -0.2) is 0 Å². The third-order valence-electron chi connectivity index (χ3n) is 6.62. The van der Waals surface area contributed by atoms with E-state index in [2.05, 4.69) is 45.1 Å². The molecule has 0 aromatic heterocycles. The third-order valence-corrected chi connectivity index (χ3v) is 7.44. The average Bonchev–Trinajstić information content (AvgIpc) is 3.07. The van der Waals surface area contributed by atoms with Crippen molar-refractivity contribution in [2.45, 2.75) is 51.4 Å². The molecule has 5 nitrogen and oxygen atoms in total. The first-order valence-corrected chi connectivity index (χ1v) is 11.6. The fraction of sp³-hybridized carbons (Fsp3) is 0.346. The lowest BCUT2D eigenvalue weighted by Gasteiger charge is -2.42. The Labute approximate surface area is 193 Å². The molecule has 0 unspecified atom stereocenters. The van der Waals surface area contributed by atoms with Crippen LogP contribution in [-0.2, 0) is 15.6 Å². The maximum atomic E-state index is 13.3. The van der Waals surface area contributed by atoms with Gasteiger partial charge in [0.15, 0.2) is 0 Å². The first-order chi connectivity index (χ1) is 15.0. The van der Waals surface area contributed by atoms with Crippen LogP contribution in [0.2, 0.25) is 0 Å². The number of hydrogen-bond donors (Lipinski definition) is 1. The molecule has 0 radical (unpaired) electrons. The molecule has 4 rings (SSSR count). The van der Waals surface area contributed by atoms with Crippen molar-refractivity contribution in [3.05, 3.63) is 69.6 Å². The topological polar surface area (TPSA) is 66.5 Å². The molecule has 0 atom stereocenters. The van der Waals surface area contributed by atoms with Crippen LogP contribution in [0, 0.1) is 0 Å². The molecule has 32 heavy (non-hydrogen) atoms. The zero-order valence-corrected chi connectivity index (χ0v) is 19.9. The SMILES string of the molecule is CN(C(=O)c1ccc2c(c1)C(C)(C)CCC2(C)C)c1ccc(/C=C2\SC(=O)NC2=O)cc1. The van der Waals surface area contributed by atoms with E-state index in [0.29, 0.717) is 10.5 Å². The lowest BCUT2D eigenvalue weighted by Crippen LogP contribution is -2.34. The molecule has 6 heteroatoms. The van der Waals surface area contributed by atoms with Gasteiger partial charge in [0.25, 0.3) is 17.1 Å².